The molecule has 25 heavy (non-hydrogen) atoms. The van der Waals surface area contributed by atoms with E-state index in [1.165, 1.54) is 12.4 Å². The van der Waals surface area contributed by atoms with E-state index in [1.54, 1.807) is 13.8 Å². The number of hydrogen-bond acceptors (Lipinski definition) is 6. The third kappa shape index (κ3) is 5.27. The zero-order valence-corrected chi connectivity index (χ0v) is 14.5. The van der Waals surface area contributed by atoms with Crippen LogP contribution < -0.4 is 11.1 Å². The van der Waals surface area contributed by atoms with Crippen molar-refractivity contribution in [2.45, 2.75) is 39.3 Å². The molecule has 0 saturated heterocycles. The molecule has 1 amide bonds. The molecule has 1 aromatic carbocycles. The first-order chi connectivity index (χ1) is 11.9. The van der Waals surface area contributed by atoms with Gasteiger partial charge in [0, 0.05) is 12.4 Å². The minimum Gasteiger partial charge on any atom is -0.463 e. The first-order valence-electron chi connectivity index (χ1n) is 8.00. The maximum Gasteiger partial charge on any atom is 0.308 e. The minimum absolute atomic E-state index is 0.00709. The third-order valence-electron chi connectivity index (χ3n) is 3.46. The van der Waals surface area contributed by atoms with E-state index < -0.39 is 17.9 Å². The van der Waals surface area contributed by atoms with Gasteiger partial charge in [0.1, 0.15) is 0 Å². The van der Waals surface area contributed by atoms with Crippen LogP contribution in [-0.2, 0) is 9.53 Å². The van der Waals surface area contributed by atoms with Gasteiger partial charge in [0.25, 0.3) is 5.91 Å². The number of carbonyl (C=O) groups excluding carboxylic acids is 2. The monoisotopic (exact) mass is 342 g/mol. The number of rotatable bonds is 6. The lowest BCUT2D eigenvalue weighted by Gasteiger charge is -2.19. The minimum atomic E-state index is -0.555. The van der Waals surface area contributed by atoms with Gasteiger partial charge in [-0.1, -0.05) is 29.8 Å². The van der Waals surface area contributed by atoms with Crippen LogP contribution in [0.1, 0.15) is 47.9 Å². The van der Waals surface area contributed by atoms with E-state index >= 15 is 0 Å². The summed E-state index contributed by atoms with van der Waals surface area (Å²) in [6.07, 6.45) is 2.58. The zero-order chi connectivity index (χ0) is 18.4. The molecule has 7 nitrogen and oxygen atoms in total. The van der Waals surface area contributed by atoms with Gasteiger partial charge in [-0.2, -0.15) is 0 Å². The number of nitrogens with two attached hydrogens (primary N) is 1. The second-order valence-electron chi connectivity index (χ2n) is 5.97. The van der Waals surface area contributed by atoms with E-state index in [9.17, 15) is 9.59 Å². The number of ether oxygens (including phenoxy) is 1. The average molecular weight is 342 g/mol. The number of aromatic nitrogens is 2. The fourth-order valence-electron chi connectivity index (χ4n) is 2.28. The number of esters is 1. The molecular formula is C18H22N4O3. The van der Waals surface area contributed by atoms with Gasteiger partial charge >= 0.3 is 5.97 Å². The van der Waals surface area contributed by atoms with Gasteiger partial charge in [-0.25, -0.2) is 9.97 Å². The molecule has 0 aliphatic heterocycles. The predicted molar refractivity (Wildman–Crippen MR) is 93.7 cm³/mol. The molecule has 0 radical (unpaired) electrons. The zero-order valence-electron chi connectivity index (χ0n) is 14.5. The molecule has 3 N–H and O–H groups in total. The summed E-state index contributed by atoms with van der Waals surface area (Å²) in [5.74, 6) is -0.853. The molecule has 1 unspecified atom stereocenters. The fourth-order valence-corrected chi connectivity index (χ4v) is 2.28. The number of amides is 1. The number of hydrogen-bond donors (Lipinski definition) is 2. The fraction of sp³-hybridized carbons (Fsp3) is 0.333. The van der Waals surface area contributed by atoms with Crippen LogP contribution in [0.2, 0.25) is 0 Å². The quantitative estimate of drug-likeness (QED) is 0.779. The van der Waals surface area contributed by atoms with Gasteiger partial charge in [-0.3, -0.25) is 9.59 Å². The highest BCUT2D eigenvalue weighted by molar-refractivity contribution is 5.96. The van der Waals surface area contributed by atoms with Crippen molar-refractivity contribution < 1.29 is 14.3 Å². The van der Waals surface area contributed by atoms with Crippen LogP contribution >= 0.6 is 0 Å². The number of nitrogens with zero attached hydrogens (tertiary/aromatic N) is 2. The van der Waals surface area contributed by atoms with Crippen LogP contribution in [0.4, 0.5) is 5.82 Å². The maximum atomic E-state index is 12.5. The third-order valence-corrected chi connectivity index (χ3v) is 3.46. The Morgan fingerprint density at radius 3 is 2.40 bits per heavy atom. The van der Waals surface area contributed by atoms with Gasteiger partial charge in [-0.15, -0.1) is 0 Å². The molecule has 7 heteroatoms. The maximum absolute atomic E-state index is 12.5. The number of nitrogens with one attached hydrogen (secondary N) is 1. The lowest BCUT2D eigenvalue weighted by molar-refractivity contribution is -0.147. The highest BCUT2D eigenvalue weighted by atomic mass is 16.5. The van der Waals surface area contributed by atoms with Crippen molar-refractivity contribution in [3.8, 4) is 0 Å². The van der Waals surface area contributed by atoms with Crippen LogP contribution in [0.5, 0.6) is 0 Å². The Bertz CT molecular complexity index is 744. The summed E-state index contributed by atoms with van der Waals surface area (Å²) in [6.45, 7) is 5.51. The lowest BCUT2D eigenvalue weighted by atomic mass is 10.0. The highest BCUT2D eigenvalue weighted by Crippen LogP contribution is 2.20. The normalized spacial score (nSPS) is 11.8. The molecule has 0 aliphatic carbocycles. The van der Waals surface area contributed by atoms with Crippen molar-refractivity contribution in [3.63, 3.8) is 0 Å². The van der Waals surface area contributed by atoms with E-state index in [2.05, 4.69) is 15.3 Å². The summed E-state index contributed by atoms with van der Waals surface area (Å²) in [6, 6.07) is 7.00. The molecule has 132 valence electrons. The molecule has 0 aliphatic rings. The average Bonchev–Trinajstić information content (AvgIpc) is 2.54. The van der Waals surface area contributed by atoms with Crippen molar-refractivity contribution in [3.05, 3.63) is 53.5 Å². The molecule has 0 spiro atoms. The topological polar surface area (TPSA) is 107 Å². The van der Waals surface area contributed by atoms with Crippen molar-refractivity contribution in [1.29, 1.82) is 0 Å². The van der Waals surface area contributed by atoms with Crippen molar-refractivity contribution >= 4 is 17.7 Å². The smallest absolute Gasteiger partial charge is 0.308 e. The van der Waals surface area contributed by atoms with Gasteiger partial charge < -0.3 is 15.8 Å². The number of benzene rings is 1. The lowest BCUT2D eigenvalue weighted by Crippen LogP contribution is -2.32. The number of aryl methyl sites for hydroxylation is 1. The Kier molecular flexibility index (Phi) is 6.05. The molecule has 1 atom stereocenters. The Hall–Kier alpha value is -2.96. The van der Waals surface area contributed by atoms with Crippen LogP contribution in [0, 0.1) is 6.92 Å². The van der Waals surface area contributed by atoms with Gasteiger partial charge in [0.05, 0.1) is 18.6 Å². The second kappa shape index (κ2) is 8.23. The van der Waals surface area contributed by atoms with Crippen molar-refractivity contribution in [2.24, 2.45) is 0 Å². The van der Waals surface area contributed by atoms with E-state index in [0.29, 0.717) is 0 Å². The molecular weight excluding hydrogens is 320 g/mol. The SMILES string of the molecule is Cc1ccc(C(CC(=O)OC(C)C)NC(=O)c2nccnc2N)cc1. The highest BCUT2D eigenvalue weighted by Gasteiger charge is 2.22. The summed E-state index contributed by atoms with van der Waals surface area (Å²) in [4.78, 5) is 32.3. The van der Waals surface area contributed by atoms with Crippen LogP contribution in [-0.4, -0.2) is 27.9 Å². The standard InChI is InChI=1S/C18H22N4O3/c1-11(2)25-15(23)10-14(13-6-4-12(3)5-7-13)22-18(24)16-17(19)21-9-8-20-16/h4-9,11,14H,10H2,1-3H3,(H2,19,21)(H,22,24). The Morgan fingerprint density at radius 1 is 1.16 bits per heavy atom. The summed E-state index contributed by atoms with van der Waals surface area (Å²) in [5.41, 5.74) is 7.60. The molecule has 0 saturated carbocycles. The summed E-state index contributed by atoms with van der Waals surface area (Å²) < 4.78 is 5.19. The summed E-state index contributed by atoms with van der Waals surface area (Å²) in [7, 11) is 0. The van der Waals surface area contributed by atoms with E-state index in [1.807, 2.05) is 31.2 Å². The molecule has 0 fully saturated rings. The van der Waals surface area contributed by atoms with Crippen LogP contribution in [0.25, 0.3) is 0 Å². The van der Waals surface area contributed by atoms with Crippen molar-refractivity contribution in [2.75, 3.05) is 5.73 Å². The molecule has 1 heterocycles. The first-order valence-corrected chi connectivity index (χ1v) is 8.00. The Balaban J connectivity index is 2.22. The van der Waals surface area contributed by atoms with Crippen LogP contribution in [0.3, 0.4) is 0 Å². The van der Waals surface area contributed by atoms with Crippen molar-refractivity contribution in [1.82, 2.24) is 15.3 Å². The Morgan fingerprint density at radius 2 is 1.80 bits per heavy atom. The largest absolute Gasteiger partial charge is 0.463 e. The number of nitrogen functional groups attached to an aromatic ring is 1. The summed E-state index contributed by atoms with van der Waals surface area (Å²) in [5, 5.41) is 2.79. The predicted octanol–water partition coefficient (Wildman–Crippen LogP) is 2.18. The van der Waals surface area contributed by atoms with Crippen LogP contribution in [0.15, 0.2) is 36.7 Å². The van der Waals surface area contributed by atoms with Gasteiger partial charge in [-0.05, 0) is 26.3 Å². The van der Waals surface area contributed by atoms with Gasteiger partial charge in [0.15, 0.2) is 11.5 Å². The van der Waals surface area contributed by atoms with E-state index in [-0.39, 0.29) is 24.0 Å². The van der Waals surface area contributed by atoms with Gasteiger partial charge in [0.2, 0.25) is 0 Å². The first kappa shape index (κ1) is 18.4. The number of carbonyl (C=O) groups is 2. The molecule has 1 aromatic heterocycles. The molecule has 0 bridgehead atoms. The van der Waals surface area contributed by atoms with E-state index in [0.717, 1.165) is 11.1 Å². The summed E-state index contributed by atoms with van der Waals surface area (Å²) >= 11 is 0. The second-order valence-corrected chi connectivity index (χ2v) is 5.97. The number of anilines is 1. The van der Waals surface area contributed by atoms with E-state index in [4.69, 9.17) is 10.5 Å². The molecule has 2 aromatic rings. The molecule has 2 rings (SSSR count). The Labute approximate surface area is 146 Å².